The number of ether oxygens (including phenoxy) is 1. The summed E-state index contributed by atoms with van der Waals surface area (Å²) in [5.41, 5.74) is 0.415. The van der Waals surface area contributed by atoms with Crippen LogP contribution in [0.4, 0.5) is 0 Å². The monoisotopic (exact) mass is 225 g/mol. The average molecular weight is 225 g/mol. The van der Waals surface area contributed by atoms with Gasteiger partial charge in [0.1, 0.15) is 12.3 Å². The maximum atomic E-state index is 10.9. The Morgan fingerprint density at radius 1 is 1.44 bits per heavy atom. The van der Waals surface area contributed by atoms with Gasteiger partial charge in [-0.3, -0.25) is 4.79 Å². The molecule has 0 radical (unpaired) electrons. The zero-order valence-electron chi connectivity index (χ0n) is 9.94. The van der Waals surface area contributed by atoms with Gasteiger partial charge in [0, 0.05) is 6.92 Å². The van der Waals surface area contributed by atoms with E-state index < -0.39 is 0 Å². The van der Waals surface area contributed by atoms with Crippen LogP contribution in [-0.2, 0) is 14.4 Å². The largest absolute Gasteiger partial charge is 0.393 e. The first-order valence-electron chi connectivity index (χ1n) is 5.99. The Labute approximate surface area is 96.0 Å². The standard InChI is InChI=1S/C12H19NO3/c1-8(9(2)14)13-15-7-11-6-10-4-3-5-12(10)16-11/h10-12H,3-7H2,1-2H3/b13-8+. The fourth-order valence-corrected chi connectivity index (χ4v) is 2.48. The van der Waals surface area contributed by atoms with Crippen LogP contribution in [0.3, 0.4) is 0 Å². The summed E-state index contributed by atoms with van der Waals surface area (Å²) >= 11 is 0. The molecule has 0 amide bonds. The lowest BCUT2D eigenvalue weighted by Crippen LogP contribution is -2.16. The Bertz CT molecular complexity index is 289. The van der Waals surface area contributed by atoms with Crippen molar-refractivity contribution in [3.63, 3.8) is 0 Å². The zero-order chi connectivity index (χ0) is 11.5. The van der Waals surface area contributed by atoms with Crippen LogP contribution in [0.15, 0.2) is 5.16 Å². The smallest absolute Gasteiger partial charge is 0.177 e. The van der Waals surface area contributed by atoms with Crippen molar-refractivity contribution in [2.24, 2.45) is 11.1 Å². The van der Waals surface area contributed by atoms with E-state index in [-0.39, 0.29) is 11.9 Å². The molecule has 0 aromatic rings. The molecule has 4 heteroatoms. The number of hydrogen-bond acceptors (Lipinski definition) is 4. The first-order chi connectivity index (χ1) is 7.66. The van der Waals surface area contributed by atoms with Crippen molar-refractivity contribution >= 4 is 11.5 Å². The number of oxime groups is 1. The summed E-state index contributed by atoms with van der Waals surface area (Å²) in [7, 11) is 0. The predicted molar refractivity (Wildman–Crippen MR) is 60.4 cm³/mol. The quantitative estimate of drug-likeness (QED) is 0.542. The predicted octanol–water partition coefficient (Wildman–Crippen LogP) is 1.93. The van der Waals surface area contributed by atoms with Gasteiger partial charge >= 0.3 is 0 Å². The lowest BCUT2D eigenvalue weighted by atomic mass is 10.0. The van der Waals surface area contributed by atoms with Crippen molar-refractivity contribution < 1.29 is 14.4 Å². The molecule has 0 aromatic heterocycles. The van der Waals surface area contributed by atoms with Crippen molar-refractivity contribution in [3.8, 4) is 0 Å². The van der Waals surface area contributed by atoms with Crippen LogP contribution in [0.1, 0.15) is 39.5 Å². The topological polar surface area (TPSA) is 47.9 Å². The lowest BCUT2D eigenvalue weighted by molar-refractivity contribution is -0.111. The summed E-state index contributed by atoms with van der Waals surface area (Å²) in [6.07, 6.45) is 5.47. The highest BCUT2D eigenvalue weighted by Crippen LogP contribution is 2.38. The summed E-state index contributed by atoms with van der Waals surface area (Å²) in [5.74, 6) is 0.677. The van der Waals surface area contributed by atoms with Crippen molar-refractivity contribution in [1.29, 1.82) is 0 Å². The van der Waals surface area contributed by atoms with E-state index in [0.29, 0.717) is 18.4 Å². The molecule has 0 aromatic carbocycles. The van der Waals surface area contributed by atoms with E-state index in [0.717, 1.165) is 12.3 Å². The van der Waals surface area contributed by atoms with Crippen molar-refractivity contribution in [2.75, 3.05) is 6.61 Å². The molecule has 2 aliphatic rings. The maximum absolute atomic E-state index is 10.9. The minimum Gasteiger partial charge on any atom is -0.393 e. The zero-order valence-corrected chi connectivity index (χ0v) is 9.94. The van der Waals surface area contributed by atoms with E-state index in [2.05, 4.69) is 5.16 Å². The molecule has 90 valence electrons. The SMILES string of the molecule is CC(=O)/C(C)=N/OCC1CC2CCCC2O1. The van der Waals surface area contributed by atoms with Gasteiger partial charge in [0.05, 0.1) is 12.2 Å². The van der Waals surface area contributed by atoms with Crippen LogP contribution < -0.4 is 0 Å². The van der Waals surface area contributed by atoms with Gasteiger partial charge in [-0.15, -0.1) is 0 Å². The third-order valence-electron chi connectivity index (χ3n) is 3.49. The molecule has 1 saturated heterocycles. The Kier molecular flexibility index (Phi) is 3.59. The summed E-state index contributed by atoms with van der Waals surface area (Å²) in [4.78, 5) is 16.0. The second-order valence-corrected chi connectivity index (χ2v) is 4.75. The van der Waals surface area contributed by atoms with Gasteiger partial charge in [-0.2, -0.15) is 0 Å². The molecule has 3 atom stereocenters. The molecule has 0 spiro atoms. The van der Waals surface area contributed by atoms with Crippen molar-refractivity contribution in [1.82, 2.24) is 0 Å². The summed E-state index contributed by atoms with van der Waals surface area (Å²) in [6.45, 7) is 3.61. The molecule has 1 heterocycles. The highest BCUT2D eigenvalue weighted by atomic mass is 16.6. The van der Waals surface area contributed by atoms with E-state index in [1.54, 1.807) is 6.92 Å². The normalized spacial score (nSPS) is 33.9. The van der Waals surface area contributed by atoms with E-state index in [1.807, 2.05) is 0 Å². The number of carbonyl (C=O) groups excluding carboxylic acids is 1. The van der Waals surface area contributed by atoms with Gasteiger partial charge in [-0.05, 0) is 32.1 Å². The molecule has 4 nitrogen and oxygen atoms in total. The molecule has 1 aliphatic carbocycles. The second-order valence-electron chi connectivity index (χ2n) is 4.75. The number of ketones is 1. The number of hydrogen-bond donors (Lipinski definition) is 0. The fraction of sp³-hybridized carbons (Fsp3) is 0.833. The summed E-state index contributed by atoms with van der Waals surface area (Å²) < 4.78 is 5.85. The number of rotatable bonds is 4. The minimum atomic E-state index is -0.0517. The molecule has 1 aliphatic heterocycles. The Morgan fingerprint density at radius 2 is 2.25 bits per heavy atom. The van der Waals surface area contributed by atoms with E-state index in [4.69, 9.17) is 9.57 Å². The summed E-state index contributed by atoms with van der Waals surface area (Å²) in [6, 6.07) is 0. The number of carbonyl (C=O) groups is 1. The highest BCUT2D eigenvalue weighted by molar-refractivity contribution is 6.37. The van der Waals surface area contributed by atoms with Gasteiger partial charge in [-0.25, -0.2) is 0 Å². The Hall–Kier alpha value is -0.900. The van der Waals surface area contributed by atoms with Crippen LogP contribution >= 0.6 is 0 Å². The summed E-state index contributed by atoms with van der Waals surface area (Å²) in [5, 5.41) is 3.77. The first-order valence-corrected chi connectivity index (χ1v) is 5.99. The fourth-order valence-electron chi connectivity index (χ4n) is 2.48. The van der Waals surface area contributed by atoms with Gasteiger partial charge < -0.3 is 9.57 Å². The molecule has 3 unspecified atom stereocenters. The maximum Gasteiger partial charge on any atom is 0.177 e. The molecule has 2 rings (SSSR count). The molecule has 16 heavy (non-hydrogen) atoms. The van der Waals surface area contributed by atoms with Crippen molar-refractivity contribution in [2.45, 2.75) is 51.7 Å². The lowest BCUT2D eigenvalue weighted by Gasteiger charge is -2.10. The Morgan fingerprint density at radius 3 is 2.94 bits per heavy atom. The van der Waals surface area contributed by atoms with E-state index >= 15 is 0 Å². The van der Waals surface area contributed by atoms with E-state index in [9.17, 15) is 4.79 Å². The van der Waals surface area contributed by atoms with Crippen LogP contribution in [0.2, 0.25) is 0 Å². The van der Waals surface area contributed by atoms with E-state index in [1.165, 1.54) is 26.2 Å². The average Bonchev–Trinajstić information content (AvgIpc) is 2.77. The van der Waals surface area contributed by atoms with Crippen LogP contribution in [0, 0.1) is 5.92 Å². The van der Waals surface area contributed by atoms with Crippen molar-refractivity contribution in [3.05, 3.63) is 0 Å². The van der Waals surface area contributed by atoms with Crippen LogP contribution in [-0.4, -0.2) is 30.3 Å². The molecular formula is C12H19NO3. The number of Topliss-reactive ketones (excluding diaryl/α,β-unsaturated/α-hetero) is 1. The Balaban J connectivity index is 1.72. The van der Waals surface area contributed by atoms with Crippen LogP contribution in [0.5, 0.6) is 0 Å². The minimum absolute atomic E-state index is 0.0517. The highest BCUT2D eigenvalue weighted by Gasteiger charge is 2.38. The van der Waals surface area contributed by atoms with Crippen LogP contribution in [0.25, 0.3) is 0 Å². The molecular weight excluding hydrogens is 206 g/mol. The molecule has 2 fully saturated rings. The second kappa shape index (κ2) is 4.95. The number of nitrogens with zero attached hydrogens (tertiary/aromatic N) is 1. The van der Waals surface area contributed by atoms with Gasteiger partial charge in [-0.1, -0.05) is 11.6 Å². The third kappa shape index (κ3) is 2.61. The molecule has 1 saturated carbocycles. The molecule has 0 N–H and O–H groups in total. The molecule has 0 bridgehead atoms. The number of fused-ring (bicyclic) bond motifs is 1. The van der Waals surface area contributed by atoms with Gasteiger partial charge in [0.15, 0.2) is 5.78 Å². The van der Waals surface area contributed by atoms with Gasteiger partial charge in [0.25, 0.3) is 0 Å². The first kappa shape index (κ1) is 11.6. The van der Waals surface area contributed by atoms with Gasteiger partial charge in [0.2, 0.25) is 0 Å². The third-order valence-corrected chi connectivity index (χ3v) is 3.49.